The van der Waals surface area contributed by atoms with Gasteiger partial charge >= 0.3 is 5.97 Å². The summed E-state index contributed by atoms with van der Waals surface area (Å²) in [6, 6.07) is 11.2. The van der Waals surface area contributed by atoms with Crippen LogP contribution in [0, 0.1) is 0 Å². The van der Waals surface area contributed by atoms with Crippen molar-refractivity contribution in [2.75, 3.05) is 13.7 Å². The van der Waals surface area contributed by atoms with E-state index in [4.69, 9.17) is 9.47 Å². The van der Waals surface area contributed by atoms with E-state index in [-0.39, 0.29) is 5.97 Å². The largest absolute Gasteiger partial charge is 0.496 e. The number of rotatable bonds is 5. The second-order valence-electron chi connectivity index (χ2n) is 3.86. The lowest BCUT2D eigenvalue weighted by Gasteiger charge is -2.07. The lowest BCUT2D eigenvalue weighted by Crippen LogP contribution is -2.04. The molecule has 20 heavy (non-hydrogen) atoms. The Kier molecular flexibility index (Phi) is 5.01. The van der Waals surface area contributed by atoms with E-state index in [1.165, 1.54) is 18.0 Å². The minimum atomic E-state index is -0.353. The summed E-state index contributed by atoms with van der Waals surface area (Å²) in [6.07, 6.45) is 1.52. The number of carbonyl (C=O) groups excluding carboxylic acids is 1. The van der Waals surface area contributed by atoms with Gasteiger partial charge in [0.2, 0.25) is 0 Å². The molecule has 0 saturated heterocycles. The fraction of sp³-hybridized carbons (Fsp3) is 0.200. The average molecular weight is 289 g/mol. The van der Waals surface area contributed by atoms with Crippen molar-refractivity contribution < 1.29 is 14.3 Å². The van der Waals surface area contributed by atoms with Gasteiger partial charge < -0.3 is 9.47 Å². The molecule has 0 radical (unpaired) electrons. The summed E-state index contributed by atoms with van der Waals surface area (Å²) in [5, 5.41) is 0.794. The summed E-state index contributed by atoms with van der Waals surface area (Å²) in [5.74, 6) is 0.447. The first kappa shape index (κ1) is 14.4. The maximum Gasteiger partial charge on any atom is 0.339 e. The third kappa shape index (κ3) is 3.51. The SMILES string of the molecule is CCOC(=O)c1ccc(Sc2ccccc2OC)nc1. The summed E-state index contributed by atoms with van der Waals surface area (Å²) in [5.41, 5.74) is 0.455. The summed E-state index contributed by atoms with van der Waals surface area (Å²) >= 11 is 1.48. The van der Waals surface area contributed by atoms with Crippen LogP contribution in [0.5, 0.6) is 5.75 Å². The summed E-state index contributed by atoms with van der Waals surface area (Å²) in [6.45, 7) is 2.13. The van der Waals surface area contributed by atoms with Crippen LogP contribution in [0.2, 0.25) is 0 Å². The molecule has 0 aliphatic rings. The van der Waals surface area contributed by atoms with Gasteiger partial charge in [0.05, 0.1) is 24.2 Å². The van der Waals surface area contributed by atoms with Gasteiger partial charge in [0, 0.05) is 6.20 Å². The molecule has 0 amide bonds. The first-order valence-electron chi connectivity index (χ1n) is 6.18. The van der Waals surface area contributed by atoms with E-state index in [1.54, 1.807) is 26.2 Å². The maximum absolute atomic E-state index is 11.5. The minimum Gasteiger partial charge on any atom is -0.496 e. The Morgan fingerprint density at radius 2 is 2.05 bits per heavy atom. The predicted octanol–water partition coefficient (Wildman–Crippen LogP) is 3.42. The molecule has 0 atom stereocenters. The highest BCUT2D eigenvalue weighted by Gasteiger charge is 2.08. The predicted molar refractivity (Wildman–Crippen MR) is 77.3 cm³/mol. The maximum atomic E-state index is 11.5. The molecule has 0 saturated carbocycles. The van der Waals surface area contributed by atoms with Gasteiger partial charge in [0.25, 0.3) is 0 Å². The van der Waals surface area contributed by atoms with Crippen molar-refractivity contribution in [3.63, 3.8) is 0 Å². The lowest BCUT2D eigenvalue weighted by atomic mass is 10.3. The van der Waals surface area contributed by atoms with Crippen molar-refractivity contribution in [2.24, 2.45) is 0 Å². The molecule has 2 aromatic rings. The van der Waals surface area contributed by atoms with Gasteiger partial charge in [-0.1, -0.05) is 23.9 Å². The molecule has 104 valence electrons. The molecule has 0 fully saturated rings. The zero-order valence-electron chi connectivity index (χ0n) is 11.3. The van der Waals surface area contributed by atoms with Gasteiger partial charge in [-0.15, -0.1) is 0 Å². The molecule has 1 aromatic carbocycles. The molecule has 0 bridgehead atoms. The van der Waals surface area contributed by atoms with E-state index in [0.717, 1.165) is 15.7 Å². The number of methoxy groups -OCH3 is 1. The van der Waals surface area contributed by atoms with Crippen LogP contribution in [0.15, 0.2) is 52.5 Å². The van der Waals surface area contributed by atoms with Crippen LogP contribution in [0.3, 0.4) is 0 Å². The van der Waals surface area contributed by atoms with Crippen LogP contribution in [0.4, 0.5) is 0 Å². The van der Waals surface area contributed by atoms with Crippen LogP contribution in [-0.2, 0) is 4.74 Å². The highest BCUT2D eigenvalue weighted by Crippen LogP contribution is 2.33. The summed E-state index contributed by atoms with van der Waals surface area (Å²) in [4.78, 5) is 16.8. The first-order chi connectivity index (χ1) is 9.74. The number of pyridine rings is 1. The van der Waals surface area contributed by atoms with Crippen LogP contribution in [-0.4, -0.2) is 24.7 Å². The molecule has 0 N–H and O–H groups in total. The highest BCUT2D eigenvalue weighted by molar-refractivity contribution is 7.99. The quantitative estimate of drug-likeness (QED) is 0.789. The Labute approximate surface area is 122 Å². The van der Waals surface area contributed by atoms with Crippen molar-refractivity contribution in [2.45, 2.75) is 16.8 Å². The number of carbonyl (C=O) groups is 1. The van der Waals surface area contributed by atoms with Crippen LogP contribution in [0.25, 0.3) is 0 Å². The number of nitrogens with zero attached hydrogens (tertiary/aromatic N) is 1. The molecular weight excluding hydrogens is 274 g/mol. The number of hydrogen-bond donors (Lipinski definition) is 0. The molecule has 1 aromatic heterocycles. The Bertz CT molecular complexity index is 584. The second kappa shape index (κ2) is 6.96. The Morgan fingerprint density at radius 1 is 1.25 bits per heavy atom. The minimum absolute atomic E-state index is 0.353. The molecule has 0 unspecified atom stereocenters. The van der Waals surface area contributed by atoms with E-state index in [9.17, 15) is 4.79 Å². The van der Waals surface area contributed by atoms with Gasteiger partial charge in [-0.05, 0) is 31.2 Å². The van der Waals surface area contributed by atoms with Crippen LogP contribution in [0.1, 0.15) is 17.3 Å². The van der Waals surface area contributed by atoms with E-state index in [2.05, 4.69) is 4.98 Å². The van der Waals surface area contributed by atoms with Gasteiger partial charge in [0.1, 0.15) is 10.8 Å². The Balaban J connectivity index is 2.13. The van der Waals surface area contributed by atoms with E-state index in [0.29, 0.717) is 12.2 Å². The summed E-state index contributed by atoms with van der Waals surface area (Å²) in [7, 11) is 1.64. The molecule has 4 nitrogen and oxygen atoms in total. The fourth-order valence-corrected chi connectivity index (χ4v) is 2.46. The van der Waals surface area contributed by atoms with Crippen molar-refractivity contribution in [1.82, 2.24) is 4.98 Å². The molecule has 1 heterocycles. The van der Waals surface area contributed by atoms with Crippen LogP contribution >= 0.6 is 11.8 Å². The first-order valence-corrected chi connectivity index (χ1v) is 7.00. The van der Waals surface area contributed by atoms with Crippen molar-refractivity contribution in [3.8, 4) is 5.75 Å². The van der Waals surface area contributed by atoms with Crippen molar-refractivity contribution in [3.05, 3.63) is 48.2 Å². The Morgan fingerprint density at radius 3 is 2.70 bits per heavy atom. The summed E-state index contributed by atoms with van der Waals surface area (Å²) < 4.78 is 10.2. The molecule has 0 aliphatic carbocycles. The number of aromatic nitrogens is 1. The molecule has 0 aliphatic heterocycles. The number of para-hydroxylation sites is 1. The number of ether oxygens (including phenoxy) is 2. The number of hydrogen-bond acceptors (Lipinski definition) is 5. The van der Waals surface area contributed by atoms with Gasteiger partial charge in [-0.25, -0.2) is 9.78 Å². The average Bonchev–Trinajstić information content (AvgIpc) is 2.49. The lowest BCUT2D eigenvalue weighted by molar-refractivity contribution is 0.0525. The highest BCUT2D eigenvalue weighted by atomic mass is 32.2. The molecule has 0 spiro atoms. The zero-order chi connectivity index (χ0) is 14.4. The van der Waals surface area contributed by atoms with E-state index in [1.807, 2.05) is 24.3 Å². The third-order valence-electron chi connectivity index (χ3n) is 2.53. The monoisotopic (exact) mass is 289 g/mol. The molecule has 2 rings (SSSR count). The molecule has 5 heteroatoms. The second-order valence-corrected chi connectivity index (χ2v) is 4.92. The number of esters is 1. The third-order valence-corrected chi connectivity index (χ3v) is 3.54. The van der Waals surface area contributed by atoms with Gasteiger partial charge in [0.15, 0.2) is 0 Å². The van der Waals surface area contributed by atoms with Crippen LogP contribution < -0.4 is 4.74 Å². The normalized spacial score (nSPS) is 10.1. The fourth-order valence-electron chi connectivity index (χ4n) is 1.59. The van der Waals surface area contributed by atoms with E-state index < -0.39 is 0 Å². The van der Waals surface area contributed by atoms with Gasteiger partial charge in [-0.3, -0.25) is 0 Å². The molecular formula is C15H15NO3S. The van der Waals surface area contributed by atoms with E-state index >= 15 is 0 Å². The zero-order valence-corrected chi connectivity index (χ0v) is 12.1. The standard InChI is InChI=1S/C15H15NO3S/c1-3-19-15(17)11-8-9-14(16-10-11)20-13-7-5-4-6-12(13)18-2/h4-10H,3H2,1-2H3. The van der Waals surface area contributed by atoms with Gasteiger partial charge in [-0.2, -0.15) is 0 Å². The van der Waals surface area contributed by atoms with Crippen molar-refractivity contribution >= 4 is 17.7 Å². The smallest absolute Gasteiger partial charge is 0.339 e. The Hall–Kier alpha value is -2.01. The topological polar surface area (TPSA) is 48.4 Å². The van der Waals surface area contributed by atoms with Crippen molar-refractivity contribution in [1.29, 1.82) is 0 Å². The number of benzene rings is 1.